The van der Waals surface area contributed by atoms with E-state index in [-0.39, 0.29) is 34.4 Å². The first-order valence-corrected chi connectivity index (χ1v) is 12.8. The van der Waals surface area contributed by atoms with Gasteiger partial charge in [-0.2, -0.15) is 0 Å². The minimum Gasteiger partial charge on any atom is -0.507 e. The molecule has 1 aliphatic heterocycles. The van der Waals surface area contributed by atoms with Gasteiger partial charge in [0.2, 0.25) is 5.91 Å². The number of carbonyl (C=O) groups is 3. The number of hydrogen-bond donors (Lipinski definition) is 5. The number of benzene rings is 1. The van der Waals surface area contributed by atoms with Crippen LogP contribution in [-0.2, 0) is 31.6 Å². The highest BCUT2D eigenvalue weighted by Gasteiger charge is 2.38. The van der Waals surface area contributed by atoms with Gasteiger partial charge in [-0.1, -0.05) is 53.7 Å². The van der Waals surface area contributed by atoms with Gasteiger partial charge in [-0.15, -0.1) is 0 Å². The van der Waals surface area contributed by atoms with Gasteiger partial charge in [-0.05, 0) is 74.5 Å². The average molecular weight is 503 g/mol. The Kier molecular flexibility index (Phi) is 8.56. The summed E-state index contributed by atoms with van der Waals surface area (Å²) in [6.45, 7) is 20.5. The second kappa shape index (κ2) is 10.4. The predicted octanol–water partition coefficient (Wildman–Crippen LogP) is 3.49. The Hall–Kier alpha value is -2.61. The van der Waals surface area contributed by atoms with E-state index in [9.17, 15) is 19.5 Å². The van der Waals surface area contributed by atoms with Crippen molar-refractivity contribution in [3.63, 3.8) is 0 Å². The summed E-state index contributed by atoms with van der Waals surface area (Å²) in [5.74, 6) is -1.77. The molecule has 0 aromatic heterocycles. The Labute approximate surface area is 216 Å². The van der Waals surface area contributed by atoms with E-state index < -0.39 is 17.7 Å². The SMILES string of the molecule is CC1(C)CC(NC(=O)C(=O)NNC(=O)CCc2cc(C(C)(C)C)c(O)c(C(C)(C)C)c2)CC(C)(C)N1. The summed E-state index contributed by atoms with van der Waals surface area (Å²) in [7, 11) is 0. The van der Waals surface area contributed by atoms with Gasteiger partial charge >= 0.3 is 11.8 Å². The lowest BCUT2D eigenvalue weighted by Gasteiger charge is -2.46. The molecule has 202 valence electrons. The lowest BCUT2D eigenvalue weighted by molar-refractivity contribution is -0.141. The molecule has 8 nitrogen and oxygen atoms in total. The molecule has 0 spiro atoms. The highest BCUT2D eigenvalue weighted by Crippen LogP contribution is 2.40. The minimum absolute atomic E-state index is 0.122. The maximum Gasteiger partial charge on any atom is 0.327 e. The third-order valence-corrected chi connectivity index (χ3v) is 6.47. The molecule has 36 heavy (non-hydrogen) atoms. The van der Waals surface area contributed by atoms with E-state index in [2.05, 4.69) is 49.2 Å². The van der Waals surface area contributed by atoms with Crippen LogP contribution in [0.15, 0.2) is 12.1 Å². The van der Waals surface area contributed by atoms with E-state index in [0.717, 1.165) is 16.7 Å². The Bertz CT molecular complexity index is 949. The fraction of sp³-hybridized carbons (Fsp3) is 0.679. The summed E-state index contributed by atoms with van der Waals surface area (Å²) in [4.78, 5) is 37.1. The lowest BCUT2D eigenvalue weighted by Crippen LogP contribution is -2.63. The number of hydrogen-bond acceptors (Lipinski definition) is 5. The van der Waals surface area contributed by atoms with Crippen LogP contribution in [0, 0.1) is 0 Å². The maximum absolute atomic E-state index is 12.4. The predicted molar refractivity (Wildman–Crippen MR) is 143 cm³/mol. The van der Waals surface area contributed by atoms with Crippen LogP contribution >= 0.6 is 0 Å². The number of phenols is 1. The molecule has 1 saturated heterocycles. The number of amides is 3. The smallest absolute Gasteiger partial charge is 0.327 e. The monoisotopic (exact) mass is 502 g/mol. The van der Waals surface area contributed by atoms with Crippen LogP contribution in [0.2, 0.25) is 0 Å². The zero-order valence-electron chi connectivity index (χ0n) is 23.7. The van der Waals surface area contributed by atoms with Gasteiger partial charge in [0.1, 0.15) is 5.75 Å². The number of rotatable bonds is 4. The molecule has 1 aliphatic rings. The summed E-state index contributed by atoms with van der Waals surface area (Å²) < 4.78 is 0. The molecule has 1 fully saturated rings. The van der Waals surface area contributed by atoms with Gasteiger partial charge in [0.15, 0.2) is 0 Å². The van der Waals surface area contributed by atoms with Gasteiger partial charge in [0.05, 0.1) is 0 Å². The lowest BCUT2D eigenvalue weighted by atomic mass is 9.78. The van der Waals surface area contributed by atoms with E-state index in [0.29, 0.717) is 25.0 Å². The van der Waals surface area contributed by atoms with E-state index in [1.807, 2.05) is 53.7 Å². The van der Waals surface area contributed by atoms with Crippen molar-refractivity contribution in [1.82, 2.24) is 21.5 Å². The minimum atomic E-state index is -0.896. The molecular weight excluding hydrogens is 456 g/mol. The highest BCUT2D eigenvalue weighted by molar-refractivity contribution is 6.35. The molecule has 1 aromatic rings. The quantitative estimate of drug-likeness (QED) is 0.319. The number of phenolic OH excluding ortho intramolecular Hbond substituents is 1. The van der Waals surface area contributed by atoms with Crippen LogP contribution in [0.5, 0.6) is 5.75 Å². The normalized spacial score (nSPS) is 17.8. The van der Waals surface area contributed by atoms with Crippen LogP contribution < -0.4 is 21.5 Å². The summed E-state index contributed by atoms with van der Waals surface area (Å²) >= 11 is 0. The molecule has 0 saturated carbocycles. The third-order valence-electron chi connectivity index (χ3n) is 6.47. The molecule has 2 rings (SSSR count). The highest BCUT2D eigenvalue weighted by atomic mass is 16.3. The molecule has 0 atom stereocenters. The fourth-order valence-electron chi connectivity index (χ4n) is 5.16. The van der Waals surface area contributed by atoms with E-state index in [1.54, 1.807) is 0 Å². The van der Waals surface area contributed by atoms with Gasteiger partial charge in [-0.3, -0.25) is 25.2 Å². The molecule has 1 heterocycles. The number of piperidine rings is 1. The molecular formula is C28H46N4O4. The van der Waals surface area contributed by atoms with Crippen molar-refractivity contribution in [1.29, 1.82) is 0 Å². The topological polar surface area (TPSA) is 120 Å². The standard InChI is InChI=1S/C28H46N4O4/c1-25(2,3)19-13-17(14-20(22(19)34)26(4,5)6)11-12-21(33)30-31-24(36)23(35)29-18-15-27(7,8)32-28(9,10)16-18/h13-14,18,32,34H,11-12,15-16H2,1-10H3,(H,29,35)(H,30,33)(H,31,36). The van der Waals surface area contributed by atoms with E-state index >= 15 is 0 Å². The number of hydrazine groups is 1. The van der Waals surface area contributed by atoms with E-state index in [1.165, 1.54) is 0 Å². The average Bonchev–Trinajstić information content (AvgIpc) is 2.66. The molecule has 0 unspecified atom stereocenters. The molecule has 1 aromatic carbocycles. The van der Waals surface area contributed by atoms with E-state index in [4.69, 9.17) is 0 Å². The van der Waals surface area contributed by atoms with Gasteiger partial charge in [-0.25, -0.2) is 0 Å². The van der Waals surface area contributed by atoms with Gasteiger partial charge in [0.25, 0.3) is 0 Å². The molecule has 0 radical (unpaired) electrons. The van der Waals surface area contributed by atoms with Gasteiger partial charge in [0, 0.05) is 23.5 Å². The zero-order valence-corrected chi connectivity index (χ0v) is 23.7. The van der Waals surface area contributed by atoms with Crippen molar-refractivity contribution in [2.75, 3.05) is 0 Å². The van der Waals surface area contributed by atoms with Crippen LogP contribution in [-0.4, -0.2) is 39.9 Å². The Morgan fingerprint density at radius 1 is 0.889 bits per heavy atom. The second-order valence-electron chi connectivity index (χ2n) is 13.5. The summed E-state index contributed by atoms with van der Waals surface area (Å²) in [6, 6.07) is 3.73. The van der Waals surface area contributed by atoms with Crippen molar-refractivity contribution in [3.8, 4) is 5.75 Å². The second-order valence-corrected chi connectivity index (χ2v) is 13.5. The largest absolute Gasteiger partial charge is 0.507 e. The molecule has 5 N–H and O–H groups in total. The molecule has 0 bridgehead atoms. The number of carbonyl (C=O) groups excluding carboxylic acids is 3. The first-order valence-electron chi connectivity index (χ1n) is 12.8. The molecule has 8 heteroatoms. The summed E-state index contributed by atoms with van der Waals surface area (Å²) in [5.41, 5.74) is 6.30. The number of aromatic hydroxyl groups is 1. The first-order chi connectivity index (χ1) is 16.2. The Morgan fingerprint density at radius 2 is 1.36 bits per heavy atom. The first kappa shape index (κ1) is 29.6. The van der Waals surface area contributed by atoms with Crippen molar-refractivity contribution in [2.24, 2.45) is 0 Å². The van der Waals surface area contributed by atoms with Crippen LogP contribution in [0.3, 0.4) is 0 Å². The van der Waals surface area contributed by atoms with Crippen LogP contribution in [0.25, 0.3) is 0 Å². The Balaban J connectivity index is 1.95. The third kappa shape index (κ3) is 8.22. The zero-order chi connectivity index (χ0) is 27.7. The van der Waals surface area contributed by atoms with Crippen molar-refractivity contribution >= 4 is 17.7 Å². The van der Waals surface area contributed by atoms with Gasteiger partial charge < -0.3 is 15.7 Å². The fourth-order valence-corrected chi connectivity index (χ4v) is 5.16. The van der Waals surface area contributed by atoms with Crippen LogP contribution in [0.1, 0.15) is 105 Å². The van der Waals surface area contributed by atoms with Crippen molar-refractivity contribution < 1.29 is 19.5 Å². The maximum atomic E-state index is 12.4. The van der Waals surface area contributed by atoms with Crippen molar-refractivity contribution in [3.05, 3.63) is 28.8 Å². The van der Waals surface area contributed by atoms with Crippen molar-refractivity contribution in [2.45, 2.75) is 123 Å². The summed E-state index contributed by atoms with van der Waals surface area (Å²) in [6.07, 6.45) is 1.94. The number of nitrogens with one attached hydrogen (secondary N) is 4. The summed E-state index contributed by atoms with van der Waals surface area (Å²) in [5, 5.41) is 17.2. The Morgan fingerprint density at radius 3 is 1.81 bits per heavy atom. The molecule has 3 amide bonds. The molecule has 0 aliphatic carbocycles. The number of aryl methyl sites for hydroxylation is 1. The van der Waals surface area contributed by atoms with Crippen LogP contribution in [0.4, 0.5) is 0 Å².